The monoisotopic (exact) mass is 373 g/mol. The third kappa shape index (κ3) is 3.26. The van der Waals surface area contributed by atoms with Crippen LogP contribution in [0.3, 0.4) is 0 Å². The maximum Gasteiger partial charge on any atom is 0.167 e. The van der Waals surface area contributed by atoms with Crippen molar-refractivity contribution in [1.29, 1.82) is 0 Å². The number of halogens is 3. The second kappa shape index (κ2) is 6.48. The molecule has 0 saturated heterocycles. The summed E-state index contributed by atoms with van der Waals surface area (Å²) in [5.74, 6) is 0.398. The molecule has 0 heterocycles. The Hall–Kier alpha value is -1.23. The highest BCUT2D eigenvalue weighted by Gasteiger charge is 2.09. The van der Waals surface area contributed by atoms with E-state index in [1.54, 1.807) is 30.3 Å². The predicted molar refractivity (Wildman–Crippen MR) is 86.1 cm³/mol. The lowest BCUT2D eigenvalue weighted by molar-refractivity contribution is 0.373. The number of hydrogen-bond acceptors (Lipinski definition) is 3. The maximum atomic E-state index is 10.1. The minimum atomic E-state index is 0.0192. The van der Waals surface area contributed by atoms with Crippen molar-refractivity contribution in [3.63, 3.8) is 0 Å². The quantitative estimate of drug-likeness (QED) is 0.748. The van der Waals surface area contributed by atoms with Crippen molar-refractivity contribution in [1.82, 2.24) is 0 Å². The van der Waals surface area contributed by atoms with Crippen LogP contribution in [0.1, 0.15) is 5.56 Å². The molecule has 0 spiro atoms. The van der Waals surface area contributed by atoms with Crippen molar-refractivity contribution >= 4 is 51.0 Å². The van der Waals surface area contributed by atoms with Crippen LogP contribution >= 0.6 is 39.1 Å². The van der Waals surface area contributed by atoms with Crippen LogP contribution in [0.5, 0.6) is 11.5 Å². The number of nitrogens with zero attached hydrogens (tertiary/aromatic N) is 1. The number of hydrogen-bond donors (Lipinski definition) is 1. The summed E-state index contributed by atoms with van der Waals surface area (Å²) >= 11 is 15.1. The highest BCUT2D eigenvalue weighted by atomic mass is 79.9. The van der Waals surface area contributed by atoms with E-state index in [1.165, 1.54) is 13.3 Å². The zero-order valence-electron chi connectivity index (χ0n) is 10.4. The first-order valence-electron chi connectivity index (χ1n) is 5.57. The zero-order valence-corrected chi connectivity index (χ0v) is 13.5. The van der Waals surface area contributed by atoms with E-state index in [-0.39, 0.29) is 5.75 Å². The number of methoxy groups -OCH3 is 1. The molecule has 0 amide bonds. The summed E-state index contributed by atoms with van der Waals surface area (Å²) < 4.78 is 5.76. The van der Waals surface area contributed by atoms with Gasteiger partial charge in [0, 0.05) is 10.7 Å². The summed E-state index contributed by atoms with van der Waals surface area (Å²) in [4.78, 5) is 4.26. The third-order valence-electron chi connectivity index (χ3n) is 2.59. The van der Waals surface area contributed by atoms with Gasteiger partial charge in [-0.15, -0.1) is 0 Å². The fourth-order valence-electron chi connectivity index (χ4n) is 1.56. The van der Waals surface area contributed by atoms with E-state index in [2.05, 4.69) is 20.9 Å². The van der Waals surface area contributed by atoms with E-state index in [9.17, 15) is 5.11 Å². The van der Waals surface area contributed by atoms with Crippen LogP contribution < -0.4 is 4.74 Å². The average molecular weight is 375 g/mol. The lowest BCUT2D eigenvalue weighted by atomic mass is 10.2. The molecule has 104 valence electrons. The van der Waals surface area contributed by atoms with Crippen molar-refractivity contribution < 1.29 is 9.84 Å². The number of rotatable bonds is 3. The molecule has 0 bridgehead atoms. The van der Waals surface area contributed by atoms with Crippen LogP contribution in [0, 0.1) is 0 Å². The molecule has 0 fully saturated rings. The number of aromatic hydroxyl groups is 1. The molecule has 0 aliphatic rings. The molecule has 3 nitrogen and oxygen atoms in total. The van der Waals surface area contributed by atoms with Crippen molar-refractivity contribution in [2.75, 3.05) is 7.11 Å². The SMILES string of the molecule is COc1ccc(Br)c(C=Nc2ccc(Cl)c(Cl)c2)c1O. The first-order chi connectivity index (χ1) is 9.52. The Bertz CT molecular complexity index is 674. The molecule has 0 aliphatic heterocycles. The van der Waals surface area contributed by atoms with Gasteiger partial charge in [-0.05, 0) is 46.3 Å². The molecule has 0 unspecified atom stereocenters. The summed E-state index contributed by atoms with van der Waals surface area (Å²) in [6, 6.07) is 8.48. The second-order valence-electron chi connectivity index (χ2n) is 3.87. The van der Waals surface area contributed by atoms with Gasteiger partial charge < -0.3 is 9.84 Å². The van der Waals surface area contributed by atoms with Crippen LogP contribution in [-0.2, 0) is 0 Å². The van der Waals surface area contributed by atoms with Gasteiger partial charge in [0.2, 0.25) is 0 Å². The van der Waals surface area contributed by atoms with Gasteiger partial charge in [0.1, 0.15) is 0 Å². The lowest BCUT2D eigenvalue weighted by Crippen LogP contribution is -1.90. The smallest absolute Gasteiger partial charge is 0.167 e. The Balaban J connectivity index is 2.38. The molecule has 0 atom stereocenters. The fraction of sp³-hybridized carbons (Fsp3) is 0.0714. The third-order valence-corrected chi connectivity index (χ3v) is 4.02. The Morgan fingerprint density at radius 2 is 1.95 bits per heavy atom. The molecule has 0 aliphatic carbocycles. The molecule has 2 aromatic carbocycles. The lowest BCUT2D eigenvalue weighted by Gasteiger charge is -2.07. The summed E-state index contributed by atoms with van der Waals surface area (Å²) in [6.07, 6.45) is 1.53. The van der Waals surface area contributed by atoms with Crippen LogP contribution in [0.2, 0.25) is 10.0 Å². The molecular weight excluding hydrogens is 365 g/mol. The molecule has 6 heteroatoms. The van der Waals surface area contributed by atoms with Crippen LogP contribution in [0.25, 0.3) is 0 Å². The van der Waals surface area contributed by atoms with Crippen molar-refractivity contribution in [3.05, 3.63) is 50.4 Å². The molecule has 0 aromatic heterocycles. The van der Waals surface area contributed by atoms with Gasteiger partial charge in [0.05, 0.1) is 28.4 Å². The molecule has 2 rings (SSSR count). The second-order valence-corrected chi connectivity index (χ2v) is 5.54. The van der Waals surface area contributed by atoms with E-state index in [1.807, 2.05) is 0 Å². The maximum absolute atomic E-state index is 10.1. The molecular formula is C14H10BrCl2NO2. The first-order valence-corrected chi connectivity index (χ1v) is 7.12. The van der Waals surface area contributed by atoms with Crippen molar-refractivity contribution in [2.24, 2.45) is 4.99 Å². The highest BCUT2D eigenvalue weighted by molar-refractivity contribution is 9.10. The normalized spacial score (nSPS) is 11.0. The van der Waals surface area contributed by atoms with E-state index >= 15 is 0 Å². The summed E-state index contributed by atoms with van der Waals surface area (Å²) in [7, 11) is 1.49. The Morgan fingerprint density at radius 1 is 1.20 bits per heavy atom. The Kier molecular flexibility index (Phi) is 4.91. The summed E-state index contributed by atoms with van der Waals surface area (Å²) in [5, 5.41) is 10.9. The van der Waals surface area contributed by atoms with Gasteiger partial charge in [0.15, 0.2) is 11.5 Å². The number of phenols is 1. The van der Waals surface area contributed by atoms with E-state index in [0.29, 0.717) is 31.5 Å². The molecule has 2 aromatic rings. The van der Waals surface area contributed by atoms with Gasteiger partial charge in [-0.2, -0.15) is 0 Å². The molecule has 1 N–H and O–H groups in total. The number of aliphatic imine (C=N–C) groups is 1. The summed E-state index contributed by atoms with van der Waals surface area (Å²) in [5.41, 5.74) is 1.16. The number of ether oxygens (including phenoxy) is 1. The first kappa shape index (κ1) is 15.2. The van der Waals surface area contributed by atoms with E-state index < -0.39 is 0 Å². The van der Waals surface area contributed by atoms with Crippen LogP contribution in [0.4, 0.5) is 5.69 Å². The fourth-order valence-corrected chi connectivity index (χ4v) is 2.27. The minimum absolute atomic E-state index is 0.0192. The average Bonchev–Trinajstić information content (AvgIpc) is 2.42. The zero-order chi connectivity index (χ0) is 14.7. The van der Waals surface area contributed by atoms with Gasteiger partial charge >= 0.3 is 0 Å². The van der Waals surface area contributed by atoms with E-state index in [0.717, 1.165) is 0 Å². The molecule has 20 heavy (non-hydrogen) atoms. The Labute approximate surface area is 134 Å². The van der Waals surface area contributed by atoms with Gasteiger partial charge in [0.25, 0.3) is 0 Å². The molecule has 0 saturated carbocycles. The largest absolute Gasteiger partial charge is 0.504 e. The number of benzene rings is 2. The summed E-state index contributed by atoms with van der Waals surface area (Å²) in [6.45, 7) is 0. The van der Waals surface area contributed by atoms with Crippen molar-refractivity contribution in [3.8, 4) is 11.5 Å². The van der Waals surface area contributed by atoms with Crippen LogP contribution in [-0.4, -0.2) is 18.4 Å². The van der Waals surface area contributed by atoms with Crippen molar-refractivity contribution in [2.45, 2.75) is 0 Å². The van der Waals surface area contributed by atoms with Crippen LogP contribution in [0.15, 0.2) is 39.8 Å². The molecule has 0 radical (unpaired) electrons. The van der Waals surface area contributed by atoms with Gasteiger partial charge in [-0.3, -0.25) is 4.99 Å². The topological polar surface area (TPSA) is 41.8 Å². The number of phenolic OH excluding ortho intramolecular Hbond substituents is 1. The predicted octanol–water partition coefficient (Wildman–Crippen LogP) is 5.22. The highest BCUT2D eigenvalue weighted by Crippen LogP contribution is 2.34. The standard InChI is InChI=1S/C14H10BrCl2NO2/c1-20-13-5-3-10(15)9(14(13)19)7-18-8-2-4-11(16)12(17)6-8/h2-7,19H,1H3. The van der Waals surface area contributed by atoms with E-state index in [4.69, 9.17) is 27.9 Å². The van der Waals surface area contributed by atoms with Gasteiger partial charge in [-0.1, -0.05) is 23.2 Å². The van der Waals surface area contributed by atoms with Gasteiger partial charge in [-0.25, -0.2) is 0 Å². The minimum Gasteiger partial charge on any atom is -0.504 e. The Morgan fingerprint density at radius 3 is 2.60 bits per heavy atom.